The van der Waals surface area contributed by atoms with Crippen molar-refractivity contribution in [3.05, 3.63) is 78.1 Å². The summed E-state index contributed by atoms with van der Waals surface area (Å²) in [6.45, 7) is 1.27. The van der Waals surface area contributed by atoms with Crippen LogP contribution in [0.3, 0.4) is 0 Å². The summed E-state index contributed by atoms with van der Waals surface area (Å²) in [6.07, 6.45) is 3.49. The molecule has 0 aliphatic carbocycles. The number of carbonyl (C=O) groups excluding carboxylic acids is 1. The van der Waals surface area contributed by atoms with E-state index in [1.54, 1.807) is 41.6 Å². The molecule has 11 heteroatoms. The predicted molar refractivity (Wildman–Crippen MR) is 120 cm³/mol. The second-order valence-corrected chi connectivity index (χ2v) is 7.60. The molecule has 1 aromatic carbocycles. The molecule has 8 nitrogen and oxygen atoms in total. The van der Waals surface area contributed by atoms with Crippen LogP contribution in [-0.2, 0) is 24.4 Å². The SMILES string of the molecule is Cc1ncc(NC(=O)Cc2ccc(-c3cnc(Nc4cnn(C)c4)nc3)cc2)cc1C(F)(F)F. The quantitative estimate of drug-likeness (QED) is 0.433. The van der Waals surface area contributed by atoms with E-state index < -0.39 is 17.6 Å². The molecule has 0 aliphatic rings. The van der Waals surface area contributed by atoms with Crippen LogP contribution in [0.5, 0.6) is 0 Å². The van der Waals surface area contributed by atoms with Gasteiger partial charge in [0.15, 0.2) is 0 Å². The zero-order valence-electron chi connectivity index (χ0n) is 18.3. The van der Waals surface area contributed by atoms with Crippen molar-refractivity contribution < 1.29 is 18.0 Å². The van der Waals surface area contributed by atoms with Crippen LogP contribution in [0, 0.1) is 6.92 Å². The number of amides is 1. The Hall–Kier alpha value is -4.28. The first-order valence-corrected chi connectivity index (χ1v) is 10.2. The van der Waals surface area contributed by atoms with Gasteiger partial charge in [0.25, 0.3) is 0 Å². The Labute approximate surface area is 192 Å². The Morgan fingerprint density at radius 3 is 2.29 bits per heavy atom. The molecule has 1 amide bonds. The summed E-state index contributed by atoms with van der Waals surface area (Å²) < 4.78 is 40.8. The van der Waals surface area contributed by atoms with Gasteiger partial charge in [0.1, 0.15) is 0 Å². The summed E-state index contributed by atoms with van der Waals surface area (Å²) in [5, 5.41) is 9.59. The maximum Gasteiger partial charge on any atom is 0.418 e. The highest BCUT2D eigenvalue weighted by atomic mass is 19.4. The van der Waals surface area contributed by atoms with Gasteiger partial charge in [0, 0.05) is 36.9 Å². The minimum Gasteiger partial charge on any atom is -0.324 e. The molecule has 0 unspecified atom stereocenters. The predicted octanol–water partition coefficient (Wildman–Crippen LogP) is 4.52. The maximum absolute atomic E-state index is 13.0. The molecule has 0 fully saturated rings. The fourth-order valence-electron chi connectivity index (χ4n) is 3.25. The maximum atomic E-state index is 13.0. The average Bonchev–Trinajstić information content (AvgIpc) is 3.20. The number of benzene rings is 1. The molecule has 4 aromatic rings. The topological polar surface area (TPSA) is 97.6 Å². The Morgan fingerprint density at radius 1 is 0.971 bits per heavy atom. The molecule has 0 atom stereocenters. The molecule has 0 radical (unpaired) electrons. The van der Waals surface area contributed by atoms with E-state index in [4.69, 9.17) is 0 Å². The lowest BCUT2D eigenvalue weighted by Crippen LogP contribution is -2.16. The lowest BCUT2D eigenvalue weighted by Gasteiger charge is -2.12. The van der Waals surface area contributed by atoms with Crippen LogP contribution in [0.2, 0.25) is 0 Å². The van der Waals surface area contributed by atoms with E-state index >= 15 is 0 Å². The molecular formula is C23H20F3N7O. The first kappa shape index (κ1) is 22.9. The standard InChI is InChI=1S/C23H20F3N7O/c1-14-20(23(24,25)26)8-18(11-27-14)31-21(34)7-15-3-5-16(6-4-15)17-9-28-22(29-10-17)32-19-12-30-33(2)13-19/h3-6,8-13H,7H2,1-2H3,(H,31,34)(H,28,29,32). The Kier molecular flexibility index (Phi) is 6.26. The fourth-order valence-corrected chi connectivity index (χ4v) is 3.25. The Balaban J connectivity index is 1.37. The molecule has 4 rings (SSSR count). The number of carbonyl (C=O) groups is 1. The van der Waals surface area contributed by atoms with Gasteiger partial charge < -0.3 is 10.6 Å². The second kappa shape index (κ2) is 9.30. The van der Waals surface area contributed by atoms with Crippen LogP contribution < -0.4 is 10.6 Å². The first-order chi connectivity index (χ1) is 16.2. The lowest BCUT2D eigenvalue weighted by molar-refractivity contribution is -0.138. The van der Waals surface area contributed by atoms with Gasteiger partial charge in [-0.05, 0) is 24.1 Å². The third-order valence-corrected chi connectivity index (χ3v) is 4.94. The fraction of sp³-hybridized carbons (Fsp3) is 0.174. The summed E-state index contributed by atoms with van der Waals surface area (Å²) >= 11 is 0. The normalized spacial score (nSPS) is 11.3. The highest BCUT2D eigenvalue weighted by Gasteiger charge is 2.33. The van der Waals surface area contributed by atoms with Crippen LogP contribution in [0.1, 0.15) is 16.8 Å². The number of nitrogens with one attached hydrogen (secondary N) is 2. The van der Waals surface area contributed by atoms with Crippen molar-refractivity contribution in [2.75, 3.05) is 10.6 Å². The monoisotopic (exact) mass is 467 g/mol. The molecular weight excluding hydrogens is 447 g/mol. The highest BCUT2D eigenvalue weighted by molar-refractivity contribution is 5.92. The molecule has 0 saturated heterocycles. The summed E-state index contributed by atoms with van der Waals surface area (Å²) in [5.41, 5.74) is 2.09. The zero-order valence-corrected chi connectivity index (χ0v) is 18.3. The Bertz CT molecular complexity index is 1300. The minimum atomic E-state index is -4.54. The number of rotatable bonds is 6. The third-order valence-electron chi connectivity index (χ3n) is 4.94. The summed E-state index contributed by atoms with van der Waals surface area (Å²) in [7, 11) is 1.81. The second-order valence-electron chi connectivity index (χ2n) is 7.60. The van der Waals surface area contributed by atoms with Gasteiger partial charge >= 0.3 is 6.18 Å². The number of nitrogens with zero attached hydrogens (tertiary/aromatic N) is 5. The van der Waals surface area contributed by atoms with Crippen molar-refractivity contribution in [2.45, 2.75) is 19.5 Å². The molecule has 34 heavy (non-hydrogen) atoms. The van der Waals surface area contributed by atoms with Crippen molar-refractivity contribution in [1.82, 2.24) is 24.7 Å². The van der Waals surface area contributed by atoms with Gasteiger partial charge in [-0.2, -0.15) is 18.3 Å². The minimum absolute atomic E-state index is 0.0000232. The molecule has 2 N–H and O–H groups in total. The van der Waals surface area contributed by atoms with Crippen molar-refractivity contribution in [3.63, 3.8) is 0 Å². The average molecular weight is 467 g/mol. The molecule has 0 saturated carbocycles. The molecule has 0 bridgehead atoms. The van der Waals surface area contributed by atoms with Crippen molar-refractivity contribution >= 4 is 23.2 Å². The number of anilines is 3. The van der Waals surface area contributed by atoms with Gasteiger partial charge in [0.2, 0.25) is 11.9 Å². The number of aryl methyl sites for hydroxylation is 2. The van der Waals surface area contributed by atoms with E-state index in [2.05, 4.69) is 30.7 Å². The molecule has 0 aliphatic heterocycles. The molecule has 3 heterocycles. The van der Waals surface area contributed by atoms with Gasteiger partial charge in [0.05, 0.1) is 35.8 Å². The van der Waals surface area contributed by atoms with Crippen LogP contribution in [0.15, 0.2) is 61.3 Å². The van der Waals surface area contributed by atoms with Gasteiger partial charge in [-0.3, -0.25) is 14.5 Å². The lowest BCUT2D eigenvalue weighted by atomic mass is 10.0. The van der Waals surface area contributed by atoms with Crippen LogP contribution in [0.4, 0.5) is 30.5 Å². The zero-order chi connectivity index (χ0) is 24.3. The van der Waals surface area contributed by atoms with Gasteiger partial charge in [-0.15, -0.1) is 0 Å². The smallest absolute Gasteiger partial charge is 0.324 e. The number of halogens is 3. The highest BCUT2D eigenvalue weighted by Crippen LogP contribution is 2.32. The summed E-state index contributed by atoms with van der Waals surface area (Å²) in [5.74, 6) is -0.00925. The number of aromatic nitrogens is 5. The van der Waals surface area contributed by atoms with Crippen LogP contribution in [-0.4, -0.2) is 30.6 Å². The van der Waals surface area contributed by atoms with E-state index in [1.807, 2.05) is 19.2 Å². The molecule has 174 valence electrons. The first-order valence-electron chi connectivity index (χ1n) is 10.2. The van der Waals surface area contributed by atoms with Crippen molar-refractivity contribution in [1.29, 1.82) is 0 Å². The third kappa shape index (κ3) is 5.55. The number of hydrogen-bond donors (Lipinski definition) is 2. The largest absolute Gasteiger partial charge is 0.418 e. The van der Waals surface area contributed by atoms with E-state index in [9.17, 15) is 18.0 Å². The van der Waals surface area contributed by atoms with E-state index in [1.165, 1.54) is 13.1 Å². The van der Waals surface area contributed by atoms with Crippen LogP contribution in [0.25, 0.3) is 11.1 Å². The van der Waals surface area contributed by atoms with Crippen molar-refractivity contribution in [3.8, 4) is 11.1 Å². The van der Waals surface area contributed by atoms with Gasteiger partial charge in [-0.1, -0.05) is 24.3 Å². The summed E-state index contributed by atoms with van der Waals surface area (Å²) in [6, 6.07) is 8.07. The van der Waals surface area contributed by atoms with E-state index in [0.29, 0.717) is 11.5 Å². The van der Waals surface area contributed by atoms with Crippen molar-refractivity contribution in [2.24, 2.45) is 7.05 Å². The molecule has 0 spiro atoms. The number of hydrogen-bond acceptors (Lipinski definition) is 6. The van der Waals surface area contributed by atoms with E-state index in [0.717, 1.165) is 22.9 Å². The molecule has 3 aromatic heterocycles. The van der Waals surface area contributed by atoms with E-state index in [-0.39, 0.29) is 17.8 Å². The van der Waals surface area contributed by atoms with Gasteiger partial charge in [-0.25, -0.2) is 9.97 Å². The Morgan fingerprint density at radius 2 is 1.68 bits per heavy atom. The number of alkyl halides is 3. The van der Waals surface area contributed by atoms with Crippen LogP contribution >= 0.6 is 0 Å². The number of pyridine rings is 1. The summed E-state index contributed by atoms with van der Waals surface area (Å²) in [4.78, 5) is 24.6.